The highest BCUT2D eigenvalue weighted by molar-refractivity contribution is 6.30. The maximum absolute atomic E-state index is 9.86. The number of aliphatic hydroxyl groups is 1. The molecule has 0 saturated carbocycles. The number of piperazine rings is 1. The van der Waals surface area contributed by atoms with Crippen molar-refractivity contribution in [3.8, 4) is 0 Å². The van der Waals surface area contributed by atoms with Crippen molar-refractivity contribution in [2.75, 3.05) is 32.7 Å². The van der Waals surface area contributed by atoms with E-state index in [2.05, 4.69) is 28.9 Å². The average Bonchev–Trinajstić information content (AvgIpc) is 2.44. The van der Waals surface area contributed by atoms with Crippen LogP contribution in [0.3, 0.4) is 0 Å². The number of hydrogen-bond acceptors (Lipinski definition) is 3. The Morgan fingerprint density at radius 3 is 2.30 bits per heavy atom. The minimum atomic E-state index is -0.164. The summed E-state index contributed by atoms with van der Waals surface area (Å²) in [4.78, 5) is 4.84. The molecule has 0 aliphatic carbocycles. The van der Waals surface area contributed by atoms with Gasteiger partial charge in [-0.25, -0.2) is 0 Å². The second-order valence-electron chi connectivity index (χ2n) is 5.65. The van der Waals surface area contributed by atoms with Crippen molar-refractivity contribution in [3.63, 3.8) is 0 Å². The van der Waals surface area contributed by atoms with Crippen LogP contribution in [-0.4, -0.2) is 53.7 Å². The zero-order chi connectivity index (χ0) is 14.4. The van der Waals surface area contributed by atoms with E-state index >= 15 is 0 Å². The molecule has 1 N–H and O–H groups in total. The van der Waals surface area contributed by atoms with Gasteiger partial charge in [-0.05, 0) is 24.1 Å². The van der Waals surface area contributed by atoms with Gasteiger partial charge >= 0.3 is 0 Å². The van der Waals surface area contributed by atoms with E-state index in [1.807, 2.05) is 12.1 Å². The quantitative estimate of drug-likeness (QED) is 0.874. The molecular weight excluding hydrogens is 272 g/mol. The third kappa shape index (κ3) is 5.06. The fourth-order valence-electron chi connectivity index (χ4n) is 2.70. The van der Waals surface area contributed by atoms with Crippen LogP contribution in [0, 0.1) is 0 Å². The fourth-order valence-corrected chi connectivity index (χ4v) is 2.83. The van der Waals surface area contributed by atoms with Gasteiger partial charge < -0.3 is 5.11 Å². The predicted octanol–water partition coefficient (Wildman–Crippen LogP) is 2.62. The largest absolute Gasteiger partial charge is 0.392 e. The summed E-state index contributed by atoms with van der Waals surface area (Å²) < 4.78 is 0. The summed E-state index contributed by atoms with van der Waals surface area (Å²) in [6, 6.07) is 8.10. The molecule has 0 amide bonds. The molecule has 112 valence electrons. The molecule has 1 unspecified atom stereocenters. The minimum Gasteiger partial charge on any atom is -0.392 e. The maximum Gasteiger partial charge on any atom is 0.0667 e. The van der Waals surface area contributed by atoms with Crippen LogP contribution in [0.4, 0.5) is 0 Å². The van der Waals surface area contributed by atoms with Gasteiger partial charge in [-0.3, -0.25) is 9.80 Å². The highest BCUT2D eigenvalue weighted by Crippen LogP contribution is 2.13. The number of aliphatic hydroxyl groups excluding tert-OH is 1. The van der Waals surface area contributed by atoms with E-state index in [4.69, 9.17) is 11.6 Å². The smallest absolute Gasteiger partial charge is 0.0667 e. The topological polar surface area (TPSA) is 26.7 Å². The number of β-amino-alcohol motifs (C(OH)–C–C–N with tert-alkyl or cyclic N) is 1. The number of rotatable bonds is 6. The van der Waals surface area contributed by atoms with Crippen LogP contribution in [0.25, 0.3) is 0 Å². The van der Waals surface area contributed by atoms with Crippen molar-refractivity contribution in [1.29, 1.82) is 0 Å². The monoisotopic (exact) mass is 296 g/mol. The molecule has 3 nitrogen and oxygen atoms in total. The summed E-state index contributed by atoms with van der Waals surface area (Å²) in [7, 11) is 0. The van der Waals surface area contributed by atoms with Crippen molar-refractivity contribution < 1.29 is 5.11 Å². The van der Waals surface area contributed by atoms with Crippen LogP contribution in [0.2, 0.25) is 5.02 Å². The Hall–Kier alpha value is -0.610. The standard InChI is InChI=1S/C16H25ClN2O/c1-2-3-16(20)13-19-10-8-18(9-11-19)12-14-4-6-15(17)7-5-14/h4-7,16,20H,2-3,8-13H2,1H3. The second-order valence-corrected chi connectivity index (χ2v) is 6.08. The first-order valence-electron chi connectivity index (χ1n) is 7.54. The number of hydrogen-bond donors (Lipinski definition) is 1. The van der Waals surface area contributed by atoms with E-state index in [9.17, 15) is 5.11 Å². The van der Waals surface area contributed by atoms with Gasteiger partial charge in [0, 0.05) is 44.3 Å². The molecule has 1 aromatic rings. The van der Waals surface area contributed by atoms with Crippen LogP contribution >= 0.6 is 11.6 Å². The van der Waals surface area contributed by atoms with Gasteiger partial charge in [0.25, 0.3) is 0 Å². The normalized spacial score (nSPS) is 19.1. The highest BCUT2D eigenvalue weighted by atomic mass is 35.5. The highest BCUT2D eigenvalue weighted by Gasteiger charge is 2.18. The second kappa shape index (κ2) is 7.99. The SMILES string of the molecule is CCCC(O)CN1CCN(Cc2ccc(Cl)cc2)CC1. The summed E-state index contributed by atoms with van der Waals surface area (Å²) in [5, 5.41) is 10.7. The lowest BCUT2D eigenvalue weighted by Gasteiger charge is -2.35. The molecule has 1 aliphatic rings. The van der Waals surface area contributed by atoms with E-state index in [0.717, 1.165) is 57.1 Å². The van der Waals surface area contributed by atoms with Gasteiger partial charge in [0.1, 0.15) is 0 Å². The molecule has 1 atom stereocenters. The Kier molecular flexibility index (Phi) is 6.30. The molecule has 0 aromatic heterocycles. The van der Waals surface area contributed by atoms with E-state index in [0.29, 0.717) is 0 Å². The third-order valence-corrected chi connectivity index (χ3v) is 4.13. The Bertz CT molecular complexity index is 388. The van der Waals surface area contributed by atoms with Crippen LogP contribution in [0.1, 0.15) is 25.3 Å². The van der Waals surface area contributed by atoms with Gasteiger partial charge in [0.2, 0.25) is 0 Å². The van der Waals surface area contributed by atoms with Crippen molar-refractivity contribution >= 4 is 11.6 Å². The van der Waals surface area contributed by atoms with Crippen LogP contribution in [-0.2, 0) is 6.54 Å². The van der Waals surface area contributed by atoms with Crippen molar-refractivity contribution in [2.24, 2.45) is 0 Å². The molecule has 20 heavy (non-hydrogen) atoms. The number of benzene rings is 1. The van der Waals surface area contributed by atoms with Crippen LogP contribution < -0.4 is 0 Å². The molecule has 0 radical (unpaired) electrons. The minimum absolute atomic E-state index is 0.164. The fraction of sp³-hybridized carbons (Fsp3) is 0.625. The van der Waals surface area contributed by atoms with Crippen molar-refractivity contribution in [3.05, 3.63) is 34.9 Å². The lowest BCUT2D eigenvalue weighted by molar-refractivity contribution is 0.0661. The van der Waals surface area contributed by atoms with Gasteiger partial charge in [-0.15, -0.1) is 0 Å². The van der Waals surface area contributed by atoms with E-state index < -0.39 is 0 Å². The van der Waals surface area contributed by atoms with E-state index in [-0.39, 0.29) is 6.10 Å². The predicted molar refractivity (Wildman–Crippen MR) is 84.1 cm³/mol. The summed E-state index contributed by atoms with van der Waals surface area (Å²) >= 11 is 5.90. The Morgan fingerprint density at radius 2 is 1.70 bits per heavy atom. The van der Waals surface area contributed by atoms with E-state index in [1.165, 1.54) is 5.56 Å². The summed E-state index contributed by atoms with van der Waals surface area (Å²) in [6.45, 7) is 8.17. The molecule has 4 heteroatoms. The van der Waals surface area contributed by atoms with Crippen molar-refractivity contribution in [2.45, 2.75) is 32.4 Å². The number of halogens is 1. The molecule has 1 aliphatic heterocycles. The van der Waals surface area contributed by atoms with Gasteiger partial charge in [-0.1, -0.05) is 37.1 Å². The lowest BCUT2D eigenvalue weighted by atomic mass is 10.1. The van der Waals surface area contributed by atoms with E-state index in [1.54, 1.807) is 0 Å². The molecule has 2 rings (SSSR count). The summed E-state index contributed by atoms with van der Waals surface area (Å²) in [6.07, 6.45) is 1.80. The lowest BCUT2D eigenvalue weighted by Crippen LogP contribution is -2.48. The Labute approximate surface area is 127 Å². The summed E-state index contributed by atoms with van der Waals surface area (Å²) in [5.41, 5.74) is 1.31. The van der Waals surface area contributed by atoms with Gasteiger partial charge in [-0.2, -0.15) is 0 Å². The molecule has 1 saturated heterocycles. The van der Waals surface area contributed by atoms with Gasteiger partial charge in [0.15, 0.2) is 0 Å². The van der Waals surface area contributed by atoms with Crippen LogP contribution in [0.15, 0.2) is 24.3 Å². The first-order valence-corrected chi connectivity index (χ1v) is 7.92. The van der Waals surface area contributed by atoms with Crippen LogP contribution in [0.5, 0.6) is 0 Å². The van der Waals surface area contributed by atoms with Crippen molar-refractivity contribution in [1.82, 2.24) is 9.80 Å². The Morgan fingerprint density at radius 1 is 1.10 bits per heavy atom. The molecule has 1 aromatic carbocycles. The Balaban J connectivity index is 1.72. The molecule has 1 heterocycles. The summed E-state index contributed by atoms with van der Waals surface area (Å²) in [5.74, 6) is 0. The zero-order valence-electron chi connectivity index (χ0n) is 12.3. The molecule has 0 bridgehead atoms. The molecule has 0 spiro atoms. The van der Waals surface area contributed by atoms with Gasteiger partial charge in [0.05, 0.1) is 6.10 Å². The zero-order valence-corrected chi connectivity index (χ0v) is 13.0. The number of nitrogens with zero attached hydrogens (tertiary/aromatic N) is 2. The molecular formula is C16H25ClN2O. The maximum atomic E-state index is 9.86. The first-order chi connectivity index (χ1) is 9.67. The first kappa shape index (κ1) is 15.8. The molecule has 1 fully saturated rings. The average molecular weight is 297 g/mol. The third-order valence-electron chi connectivity index (χ3n) is 3.88.